The largest absolute Gasteiger partial charge is 0.461 e. The van der Waals surface area contributed by atoms with Gasteiger partial charge in [0.05, 0.1) is 12.7 Å². The Hall–Kier alpha value is -0.770. The van der Waals surface area contributed by atoms with Crippen molar-refractivity contribution in [1.82, 2.24) is 0 Å². The summed E-state index contributed by atoms with van der Waals surface area (Å²) in [6.45, 7) is 2.53. The monoisotopic (exact) mass is 280 g/mol. The van der Waals surface area contributed by atoms with Crippen LogP contribution in [0.5, 0.6) is 0 Å². The lowest BCUT2D eigenvalue weighted by Gasteiger charge is -2.41. The summed E-state index contributed by atoms with van der Waals surface area (Å²) in [7, 11) is 0. The van der Waals surface area contributed by atoms with E-state index in [4.69, 9.17) is 14.6 Å². The van der Waals surface area contributed by atoms with Crippen LogP contribution < -0.4 is 0 Å². The van der Waals surface area contributed by atoms with Gasteiger partial charge in [0, 0.05) is 0 Å². The number of hydrogen-bond donors (Lipinski definition) is 5. The molecule has 1 rings (SSSR count). The molecule has 1 aliphatic rings. The minimum Gasteiger partial charge on any atom is -0.461 e. The molecule has 2 unspecified atom stereocenters. The molecule has 5 N–H and O–H groups in total. The standard InChI is InChI=1S/C11H20O8/c1-4(2)18-11(17)9(16)10-8(15)7(14)6(13)5(3-12)19-10/h4-10,12-16H,3H2,1-2H3/t5-,6-,7+,8-,9?,10?/m1/s1. The maximum absolute atomic E-state index is 11.5. The number of ether oxygens (including phenoxy) is 2. The first kappa shape index (κ1) is 16.3. The maximum atomic E-state index is 11.5. The molecule has 0 aromatic heterocycles. The van der Waals surface area contributed by atoms with Gasteiger partial charge in [-0.2, -0.15) is 0 Å². The van der Waals surface area contributed by atoms with Gasteiger partial charge in [0.1, 0.15) is 30.5 Å². The van der Waals surface area contributed by atoms with Gasteiger partial charge in [-0.25, -0.2) is 4.79 Å². The highest BCUT2D eigenvalue weighted by atomic mass is 16.6. The number of carbonyl (C=O) groups excluding carboxylic acids is 1. The predicted octanol–water partition coefficient (Wildman–Crippen LogP) is -2.86. The predicted molar refractivity (Wildman–Crippen MR) is 61.0 cm³/mol. The fourth-order valence-electron chi connectivity index (χ4n) is 1.83. The van der Waals surface area contributed by atoms with E-state index in [1.54, 1.807) is 13.8 Å². The van der Waals surface area contributed by atoms with Crippen LogP contribution >= 0.6 is 0 Å². The molecular formula is C11H20O8. The van der Waals surface area contributed by atoms with Crippen molar-refractivity contribution in [3.05, 3.63) is 0 Å². The molecule has 0 saturated carbocycles. The average molecular weight is 280 g/mol. The highest BCUT2D eigenvalue weighted by Gasteiger charge is 2.48. The van der Waals surface area contributed by atoms with Gasteiger partial charge in [-0.1, -0.05) is 0 Å². The summed E-state index contributed by atoms with van der Waals surface area (Å²) in [4.78, 5) is 11.5. The second kappa shape index (κ2) is 6.60. The van der Waals surface area contributed by atoms with Gasteiger partial charge in [-0.15, -0.1) is 0 Å². The summed E-state index contributed by atoms with van der Waals surface area (Å²) in [5.41, 5.74) is 0. The first-order valence-corrected chi connectivity index (χ1v) is 5.98. The molecule has 1 fully saturated rings. The highest BCUT2D eigenvalue weighted by molar-refractivity contribution is 5.75. The number of aliphatic hydroxyl groups is 5. The van der Waals surface area contributed by atoms with Crippen LogP contribution in [0, 0.1) is 0 Å². The van der Waals surface area contributed by atoms with Crippen molar-refractivity contribution in [1.29, 1.82) is 0 Å². The molecule has 8 heteroatoms. The molecular weight excluding hydrogens is 260 g/mol. The Labute approximate surface area is 110 Å². The molecule has 1 heterocycles. The molecule has 6 atom stereocenters. The van der Waals surface area contributed by atoms with Crippen LogP contribution in [0.1, 0.15) is 13.8 Å². The number of rotatable bonds is 4. The molecule has 0 aromatic rings. The lowest BCUT2D eigenvalue weighted by atomic mass is 9.92. The summed E-state index contributed by atoms with van der Waals surface area (Å²) in [6, 6.07) is 0. The summed E-state index contributed by atoms with van der Waals surface area (Å²) in [5, 5.41) is 47.5. The van der Waals surface area contributed by atoms with Gasteiger partial charge in [-0.05, 0) is 13.8 Å². The van der Waals surface area contributed by atoms with Gasteiger partial charge in [0.25, 0.3) is 0 Å². The fourth-order valence-corrected chi connectivity index (χ4v) is 1.83. The molecule has 0 bridgehead atoms. The topological polar surface area (TPSA) is 137 Å². The molecule has 8 nitrogen and oxygen atoms in total. The van der Waals surface area contributed by atoms with Gasteiger partial charge < -0.3 is 35.0 Å². The van der Waals surface area contributed by atoms with Crippen LogP contribution in [0.3, 0.4) is 0 Å². The van der Waals surface area contributed by atoms with E-state index in [0.717, 1.165) is 0 Å². The molecule has 0 aliphatic carbocycles. The third kappa shape index (κ3) is 3.62. The lowest BCUT2D eigenvalue weighted by molar-refractivity contribution is -0.251. The van der Waals surface area contributed by atoms with Crippen molar-refractivity contribution in [3.63, 3.8) is 0 Å². The minimum atomic E-state index is -1.83. The fraction of sp³-hybridized carbons (Fsp3) is 0.909. The van der Waals surface area contributed by atoms with Crippen molar-refractivity contribution >= 4 is 5.97 Å². The van der Waals surface area contributed by atoms with E-state index in [0.29, 0.717) is 0 Å². The van der Waals surface area contributed by atoms with Gasteiger partial charge in [0.2, 0.25) is 0 Å². The molecule has 112 valence electrons. The van der Waals surface area contributed by atoms with E-state index >= 15 is 0 Å². The van der Waals surface area contributed by atoms with Crippen molar-refractivity contribution in [2.45, 2.75) is 56.6 Å². The van der Waals surface area contributed by atoms with Crippen molar-refractivity contribution in [2.75, 3.05) is 6.61 Å². The number of esters is 1. The smallest absolute Gasteiger partial charge is 0.338 e. The first-order valence-electron chi connectivity index (χ1n) is 5.98. The Morgan fingerprint density at radius 1 is 1.21 bits per heavy atom. The van der Waals surface area contributed by atoms with Crippen LogP contribution in [-0.2, 0) is 14.3 Å². The number of hydrogen-bond acceptors (Lipinski definition) is 8. The zero-order valence-corrected chi connectivity index (χ0v) is 10.7. The zero-order chi connectivity index (χ0) is 14.7. The first-order chi connectivity index (χ1) is 8.79. The van der Waals surface area contributed by atoms with Gasteiger partial charge in [-0.3, -0.25) is 0 Å². The average Bonchev–Trinajstić information content (AvgIpc) is 2.35. The minimum absolute atomic E-state index is 0.466. The summed E-state index contributed by atoms with van der Waals surface area (Å²) in [6.07, 6.45) is -9.80. The summed E-state index contributed by atoms with van der Waals surface area (Å²) < 4.78 is 9.79. The van der Waals surface area contributed by atoms with Crippen molar-refractivity contribution in [2.24, 2.45) is 0 Å². The normalized spacial score (nSPS) is 37.2. The Kier molecular flexibility index (Phi) is 5.65. The van der Waals surface area contributed by atoms with Gasteiger partial charge in [0.15, 0.2) is 6.10 Å². The second-order valence-electron chi connectivity index (χ2n) is 4.72. The molecule has 1 aliphatic heterocycles. The Balaban J connectivity index is 2.77. The Morgan fingerprint density at radius 3 is 2.26 bits per heavy atom. The molecule has 1 saturated heterocycles. The SMILES string of the molecule is CC(C)OC(=O)C(O)C1O[C@H](CO)[C@@H](O)[C@H](O)[C@H]1O. The molecule has 0 amide bonds. The van der Waals surface area contributed by atoms with Crippen molar-refractivity contribution < 1.29 is 39.8 Å². The molecule has 19 heavy (non-hydrogen) atoms. The molecule has 0 radical (unpaired) electrons. The van der Waals surface area contributed by atoms with Crippen molar-refractivity contribution in [3.8, 4) is 0 Å². The summed E-state index contributed by atoms with van der Waals surface area (Å²) in [5.74, 6) is -1.01. The van der Waals surface area contributed by atoms with Crippen LogP contribution in [0.4, 0.5) is 0 Å². The van der Waals surface area contributed by atoms with E-state index in [9.17, 15) is 25.2 Å². The van der Waals surface area contributed by atoms with Gasteiger partial charge >= 0.3 is 5.97 Å². The van der Waals surface area contributed by atoms with E-state index in [2.05, 4.69) is 0 Å². The van der Waals surface area contributed by atoms with Crippen LogP contribution in [-0.4, -0.2) is 80.8 Å². The third-order valence-electron chi connectivity index (χ3n) is 2.83. The lowest BCUT2D eigenvalue weighted by Crippen LogP contribution is -2.62. The zero-order valence-electron chi connectivity index (χ0n) is 10.7. The van der Waals surface area contributed by atoms with E-state index in [-0.39, 0.29) is 0 Å². The molecule has 0 spiro atoms. The highest BCUT2D eigenvalue weighted by Crippen LogP contribution is 2.23. The number of carbonyl (C=O) groups is 1. The maximum Gasteiger partial charge on any atom is 0.338 e. The quantitative estimate of drug-likeness (QED) is 0.347. The Bertz CT molecular complexity index is 305. The number of aliphatic hydroxyl groups excluding tert-OH is 5. The third-order valence-corrected chi connectivity index (χ3v) is 2.83. The summed E-state index contributed by atoms with van der Waals surface area (Å²) >= 11 is 0. The van der Waals surface area contributed by atoms with Crippen LogP contribution in [0.15, 0.2) is 0 Å². The second-order valence-corrected chi connectivity index (χ2v) is 4.72. The molecule has 0 aromatic carbocycles. The van der Waals surface area contributed by atoms with E-state index in [1.165, 1.54) is 0 Å². The van der Waals surface area contributed by atoms with Crippen LogP contribution in [0.2, 0.25) is 0 Å². The van der Waals surface area contributed by atoms with E-state index in [1.807, 2.05) is 0 Å². The Morgan fingerprint density at radius 2 is 1.79 bits per heavy atom. The van der Waals surface area contributed by atoms with E-state index < -0.39 is 55.3 Å². The van der Waals surface area contributed by atoms with Crippen LogP contribution in [0.25, 0.3) is 0 Å².